The molecule has 1 heterocycles. The molecule has 0 aromatic rings. The Morgan fingerprint density at radius 2 is 1.92 bits per heavy atom. The molecule has 1 aliphatic rings. The van der Waals surface area contributed by atoms with E-state index in [1.807, 2.05) is 0 Å². The quantitative estimate of drug-likeness (QED) is 0.304. The van der Waals surface area contributed by atoms with Gasteiger partial charge in [0.2, 0.25) is 0 Å². The summed E-state index contributed by atoms with van der Waals surface area (Å²) in [6.45, 7) is 0. The van der Waals surface area contributed by atoms with Crippen molar-refractivity contribution in [3.05, 3.63) is 0 Å². The van der Waals surface area contributed by atoms with Crippen molar-refractivity contribution in [3.63, 3.8) is 0 Å². The van der Waals surface area contributed by atoms with E-state index in [4.69, 9.17) is 15.5 Å². The molecule has 5 atom stereocenters. The van der Waals surface area contributed by atoms with Gasteiger partial charge in [-0.15, -0.1) is 0 Å². The Bertz CT molecular complexity index is 220. The summed E-state index contributed by atoms with van der Waals surface area (Å²) in [7, 11) is 0. The number of nitriles is 1. The Kier molecular flexibility index (Phi) is 3.49. The molecular weight excluding hydrogens is 198 g/mol. The number of hydrogen-bond acceptors (Lipinski definition) is 7. The minimum Gasteiger partial charge on any atom is -0.387 e. The molecule has 0 aromatic heterocycles. The third-order valence-electron chi connectivity index (χ3n) is 1.73. The number of aliphatic hydroxyl groups is 4. The van der Waals surface area contributed by atoms with Crippen LogP contribution in [0, 0.1) is 10.7 Å². The lowest BCUT2D eigenvalue weighted by molar-refractivity contribution is -0.136. The molecule has 13 heavy (non-hydrogen) atoms. The van der Waals surface area contributed by atoms with E-state index in [1.54, 1.807) is 5.40 Å². The van der Waals surface area contributed by atoms with Gasteiger partial charge in [-0.25, -0.2) is 0 Å². The van der Waals surface area contributed by atoms with E-state index >= 15 is 0 Å². The lowest BCUT2D eigenvalue weighted by atomic mass is 10.1. The number of ether oxygens (including phenoxy) is 1. The first kappa shape index (κ1) is 10.7. The number of thiocyanates is 1. The van der Waals surface area contributed by atoms with E-state index in [1.165, 1.54) is 0 Å². The second kappa shape index (κ2) is 4.23. The van der Waals surface area contributed by atoms with Crippen LogP contribution in [0.3, 0.4) is 0 Å². The van der Waals surface area contributed by atoms with Gasteiger partial charge in [0.1, 0.15) is 29.1 Å². The van der Waals surface area contributed by atoms with Gasteiger partial charge in [0, 0.05) is 0 Å². The van der Waals surface area contributed by atoms with Crippen molar-refractivity contribution in [1.82, 2.24) is 0 Å². The molecule has 1 saturated heterocycles. The van der Waals surface area contributed by atoms with Gasteiger partial charge < -0.3 is 25.2 Å². The maximum Gasteiger partial charge on any atom is 0.184 e. The van der Waals surface area contributed by atoms with Crippen molar-refractivity contribution in [3.8, 4) is 5.40 Å². The third-order valence-corrected chi connectivity index (χ3v) is 2.34. The summed E-state index contributed by atoms with van der Waals surface area (Å²) in [5.74, 6) is 0. The molecule has 0 amide bonds. The van der Waals surface area contributed by atoms with Crippen LogP contribution in [0.5, 0.6) is 0 Å². The minimum absolute atomic E-state index is 0.490. The van der Waals surface area contributed by atoms with Gasteiger partial charge in [0.15, 0.2) is 6.29 Å². The van der Waals surface area contributed by atoms with E-state index in [-0.39, 0.29) is 0 Å². The van der Waals surface area contributed by atoms with Crippen LogP contribution in [0.15, 0.2) is 0 Å². The number of nitrogens with zero attached hydrogens (tertiary/aromatic N) is 1. The molecule has 0 radical (unpaired) electrons. The Morgan fingerprint density at radius 3 is 2.31 bits per heavy atom. The molecule has 74 valence electrons. The number of rotatable bonds is 2. The molecule has 0 spiro atoms. The molecule has 1 fully saturated rings. The summed E-state index contributed by atoms with van der Waals surface area (Å²) >= 11 is 0.490. The topological polar surface area (TPSA) is 114 Å². The molecule has 6 nitrogen and oxygen atoms in total. The average molecular weight is 207 g/mol. The lowest BCUT2D eigenvalue weighted by Gasteiger charge is -2.17. The zero-order valence-corrected chi connectivity index (χ0v) is 7.26. The zero-order chi connectivity index (χ0) is 10.0. The molecule has 1 aliphatic heterocycles. The number of hydrogen-bond donors (Lipinski definition) is 4. The number of thioether (sulfide) groups is 1. The van der Waals surface area contributed by atoms with E-state index < -0.39 is 30.0 Å². The summed E-state index contributed by atoms with van der Waals surface area (Å²) in [6.07, 6.45) is -5.49. The zero-order valence-electron chi connectivity index (χ0n) is 6.44. The minimum atomic E-state index is -1.52. The Hall–Kier alpha value is -0.360. The van der Waals surface area contributed by atoms with Gasteiger partial charge in [0.05, 0.1) is 0 Å². The van der Waals surface area contributed by atoms with Crippen molar-refractivity contribution in [1.29, 1.82) is 5.26 Å². The highest BCUT2D eigenvalue weighted by molar-refractivity contribution is 8.04. The van der Waals surface area contributed by atoms with Crippen molar-refractivity contribution in [2.75, 3.05) is 0 Å². The standard InChI is InChI=1S/C6H9NO5S/c7-1-13-6(11)4-2(8)3(9)5(10)12-4/h2-6,8-11H/t2-,3+,4-,5-,6?/m0/s1. The molecule has 0 saturated carbocycles. The second-order valence-electron chi connectivity index (χ2n) is 2.57. The van der Waals surface area contributed by atoms with E-state index in [0.717, 1.165) is 0 Å². The second-order valence-corrected chi connectivity index (χ2v) is 3.47. The van der Waals surface area contributed by atoms with Crippen molar-refractivity contribution in [2.45, 2.75) is 30.0 Å². The van der Waals surface area contributed by atoms with Crippen LogP contribution in [0.2, 0.25) is 0 Å². The monoisotopic (exact) mass is 207 g/mol. The van der Waals surface area contributed by atoms with Gasteiger partial charge in [-0.2, -0.15) is 5.26 Å². The Labute approximate surface area is 78.4 Å². The van der Waals surface area contributed by atoms with Crippen LogP contribution in [0.25, 0.3) is 0 Å². The third kappa shape index (κ3) is 2.11. The van der Waals surface area contributed by atoms with Gasteiger partial charge in [-0.05, 0) is 11.8 Å². The van der Waals surface area contributed by atoms with Crippen LogP contribution in [0.4, 0.5) is 0 Å². The van der Waals surface area contributed by atoms with E-state index in [9.17, 15) is 10.2 Å². The molecule has 0 bridgehead atoms. The van der Waals surface area contributed by atoms with Crippen molar-refractivity contribution < 1.29 is 25.2 Å². The molecule has 0 aliphatic carbocycles. The highest BCUT2D eigenvalue weighted by Crippen LogP contribution is 2.26. The molecule has 0 aromatic carbocycles. The van der Waals surface area contributed by atoms with Crippen LogP contribution >= 0.6 is 11.8 Å². The summed E-state index contributed by atoms with van der Waals surface area (Å²) in [6, 6.07) is 0. The molecule has 7 heteroatoms. The van der Waals surface area contributed by atoms with Crippen LogP contribution < -0.4 is 0 Å². The normalized spacial score (nSPS) is 41.5. The molecule has 4 N–H and O–H groups in total. The Balaban J connectivity index is 2.58. The Morgan fingerprint density at radius 1 is 1.31 bits per heavy atom. The summed E-state index contributed by atoms with van der Waals surface area (Å²) in [5.41, 5.74) is -1.29. The van der Waals surface area contributed by atoms with Gasteiger partial charge in [-0.3, -0.25) is 0 Å². The fourth-order valence-electron chi connectivity index (χ4n) is 1.04. The van der Waals surface area contributed by atoms with Gasteiger partial charge in [-0.1, -0.05) is 0 Å². The molecular formula is C6H9NO5S. The maximum atomic E-state index is 9.21. The highest BCUT2D eigenvalue weighted by atomic mass is 32.2. The van der Waals surface area contributed by atoms with Crippen LogP contribution in [0.1, 0.15) is 0 Å². The maximum absolute atomic E-state index is 9.21. The fraction of sp³-hybridized carbons (Fsp3) is 0.833. The first-order valence-electron chi connectivity index (χ1n) is 3.50. The summed E-state index contributed by atoms with van der Waals surface area (Å²) in [4.78, 5) is 0. The van der Waals surface area contributed by atoms with Crippen LogP contribution in [-0.2, 0) is 4.74 Å². The van der Waals surface area contributed by atoms with Crippen LogP contribution in [-0.4, -0.2) is 50.5 Å². The van der Waals surface area contributed by atoms with Gasteiger partial charge >= 0.3 is 0 Å². The predicted octanol–water partition coefficient (Wildman–Crippen LogP) is -2.04. The van der Waals surface area contributed by atoms with E-state index in [0.29, 0.717) is 11.8 Å². The van der Waals surface area contributed by atoms with Crippen molar-refractivity contribution in [2.24, 2.45) is 0 Å². The molecule has 1 unspecified atom stereocenters. The average Bonchev–Trinajstić information content (AvgIpc) is 2.33. The lowest BCUT2D eigenvalue weighted by Crippen LogP contribution is -2.37. The first-order valence-corrected chi connectivity index (χ1v) is 4.38. The SMILES string of the molecule is N#CSC(O)[C@H]1O[C@H](O)[C@H](O)[C@@H]1O. The highest BCUT2D eigenvalue weighted by Gasteiger charge is 2.45. The predicted molar refractivity (Wildman–Crippen MR) is 42.1 cm³/mol. The first-order chi connectivity index (χ1) is 6.07. The largest absolute Gasteiger partial charge is 0.387 e. The van der Waals surface area contributed by atoms with Crippen molar-refractivity contribution >= 4 is 11.8 Å². The fourth-order valence-corrected chi connectivity index (χ4v) is 1.51. The molecule has 1 rings (SSSR count). The summed E-state index contributed by atoms with van der Waals surface area (Å²) in [5, 5.41) is 46.2. The summed E-state index contributed by atoms with van der Waals surface area (Å²) < 4.78 is 4.63. The number of aliphatic hydroxyl groups excluding tert-OH is 4. The van der Waals surface area contributed by atoms with Gasteiger partial charge in [0.25, 0.3) is 0 Å². The smallest absolute Gasteiger partial charge is 0.184 e. The van der Waals surface area contributed by atoms with E-state index in [2.05, 4.69) is 4.74 Å².